The molecule has 0 saturated carbocycles. The maximum Gasteiger partial charge on any atom is 0.573 e. The normalized spacial score (nSPS) is 19.9. The second-order valence-electron chi connectivity index (χ2n) is 14.9. The Balaban J connectivity index is 1.12. The Morgan fingerprint density at radius 2 is 1.60 bits per heavy atom. The van der Waals surface area contributed by atoms with Crippen molar-refractivity contribution < 1.29 is 51.7 Å². The van der Waals surface area contributed by atoms with Gasteiger partial charge in [0.05, 0.1) is 31.1 Å². The van der Waals surface area contributed by atoms with Gasteiger partial charge in [0, 0.05) is 82.7 Å². The van der Waals surface area contributed by atoms with E-state index in [1.807, 2.05) is 13.8 Å². The molecule has 4 N–H and O–H groups in total. The van der Waals surface area contributed by atoms with E-state index in [1.165, 1.54) is 24.1 Å². The van der Waals surface area contributed by atoms with Crippen molar-refractivity contribution in [2.45, 2.75) is 63.7 Å². The molecule has 58 heavy (non-hydrogen) atoms. The van der Waals surface area contributed by atoms with Gasteiger partial charge in [0.25, 0.3) is 0 Å². The summed E-state index contributed by atoms with van der Waals surface area (Å²) in [6.45, 7) is 6.89. The summed E-state index contributed by atoms with van der Waals surface area (Å²) < 4.78 is 55.7. The summed E-state index contributed by atoms with van der Waals surface area (Å²) in [6, 6.07) is 9.33. The number of piperazine rings is 1. The minimum absolute atomic E-state index is 0.133. The fraction of sp³-hybridized carbons (Fsp3) is 0.513. The Morgan fingerprint density at radius 1 is 0.931 bits per heavy atom. The van der Waals surface area contributed by atoms with Crippen LogP contribution in [0.5, 0.6) is 5.75 Å². The summed E-state index contributed by atoms with van der Waals surface area (Å²) in [5, 5.41) is 14.5. The highest BCUT2D eigenvalue weighted by atomic mass is 19.4. The van der Waals surface area contributed by atoms with Gasteiger partial charge in [-0.05, 0) is 42.0 Å². The summed E-state index contributed by atoms with van der Waals surface area (Å²) in [4.78, 5) is 64.9. The number of carbonyl (C=O) groups is 4. The molecule has 3 aliphatic rings. The van der Waals surface area contributed by atoms with Crippen LogP contribution in [-0.2, 0) is 14.3 Å². The lowest BCUT2D eigenvalue weighted by molar-refractivity contribution is -0.274. The summed E-state index contributed by atoms with van der Waals surface area (Å²) in [7, 11) is 2.79. The van der Waals surface area contributed by atoms with Gasteiger partial charge in [-0.15, -0.1) is 13.2 Å². The Hall–Kier alpha value is -5.56. The van der Waals surface area contributed by atoms with Crippen LogP contribution in [0.4, 0.5) is 33.2 Å². The molecule has 0 bridgehead atoms. The molecule has 3 atom stereocenters. The van der Waals surface area contributed by atoms with Crippen LogP contribution in [0, 0.1) is 5.92 Å². The van der Waals surface area contributed by atoms with Crippen LogP contribution in [0.3, 0.4) is 0 Å². The number of hydrogen-bond acceptors (Lipinski definition) is 9. The van der Waals surface area contributed by atoms with E-state index in [4.69, 9.17) is 9.47 Å². The maximum absolute atomic E-state index is 13.7. The molecule has 0 spiro atoms. The van der Waals surface area contributed by atoms with Gasteiger partial charge in [-0.1, -0.05) is 38.1 Å². The molecule has 2 aromatic carbocycles. The Labute approximate surface area is 333 Å². The van der Waals surface area contributed by atoms with Gasteiger partial charge in [-0.25, -0.2) is 19.4 Å². The number of nitrogens with zero attached hydrogens (tertiary/aromatic N) is 5. The Bertz CT molecular complexity index is 1930. The highest BCUT2D eigenvalue weighted by molar-refractivity contribution is 5.90. The number of ether oxygens (including phenoxy) is 3. The zero-order chi connectivity index (χ0) is 41.7. The zero-order valence-electron chi connectivity index (χ0n) is 32.8. The third kappa shape index (κ3) is 9.93. The first-order valence-electron chi connectivity index (χ1n) is 19.1. The predicted molar refractivity (Wildman–Crippen MR) is 205 cm³/mol. The third-order valence-electron chi connectivity index (χ3n) is 11.0. The van der Waals surface area contributed by atoms with Crippen molar-refractivity contribution in [3.63, 3.8) is 0 Å². The number of methoxy groups -OCH3 is 2. The molecule has 19 heteroatoms. The number of aromatic nitrogens is 2. The van der Waals surface area contributed by atoms with Gasteiger partial charge >= 0.3 is 24.6 Å². The fourth-order valence-electron chi connectivity index (χ4n) is 7.79. The Morgan fingerprint density at radius 3 is 2.21 bits per heavy atom. The van der Waals surface area contributed by atoms with Crippen LogP contribution in [0.2, 0.25) is 0 Å². The maximum atomic E-state index is 13.7. The molecule has 3 aromatic rings. The zero-order valence-corrected chi connectivity index (χ0v) is 32.8. The number of H-pyrrole nitrogens is 1. The van der Waals surface area contributed by atoms with Crippen molar-refractivity contribution in [3.8, 4) is 28.1 Å². The number of amides is 5. The summed E-state index contributed by atoms with van der Waals surface area (Å²) in [6.07, 6.45) is -3.39. The minimum atomic E-state index is -5.00. The number of nitrogens with one attached hydrogen (secondary N) is 3. The van der Waals surface area contributed by atoms with Gasteiger partial charge < -0.3 is 49.6 Å². The van der Waals surface area contributed by atoms with Gasteiger partial charge in [0.15, 0.2) is 0 Å². The molecule has 4 heterocycles. The number of carbonyl (C=O) groups excluding carboxylic acids is 3. The summed E-state index contributed by atoms with van der Waals surface area (Å²) in [5.41, 5.74) is 2.01. The number of halogens is 3. The van der Waals surface area contributed by atoms with E-state index >= 15 is 0 Å². The lowest BCUT2D eigenvalue weighted by Gasteiger charge is -2.42. The lowest BCUT2D eigenvalue weighted by Crippen LogP contribution is -2.55. The molecule has 3 saturated heterocycles. The molecule has 0 radical (unpaired) electrons. The van der Waals surface area contributed by atoms with E-state index in [1.54, 1.807) is 47.4 Å². The number of rotatable bonds is 10. The van der Waals surface area contributed by atoms with Gasteiger partial charge in [-0.3, -0.25) is 9.69 Å². The number of piperidine rings is 1. The smallest absolute Gasteiger partial charge is 0.465 e. The third-order valence-corrected chi connectivity index (χ3v) is 11.0. The molecule has 6 rings (SSSR count). The predicted octanol–water partition coefficient (Wildman–Crippen LogP) is 5.60. The molecule has 16 nitrogen and oxygen atoms in total. The van der Waals surface area contributed by atoms with Crippen molar-refractivity contribution in [2.24, 2.45) is 5.92 Å². The number of carboxylic acid groups (broad SMARTS) is 1. The first kappa shape index (κ1) is 42.1. The van der Waals surface area contributed by atoms with Crippen LogP contribution < -0.4 is 15.4 Å². The number of benzene rings is 2. The van der Waals surface area contributed by atoms with Crippen molar-refractivity contribution >= 4 is 29.8 Å². The van der Waals surface area contributed by atoms with Gasteiger partial charge in [-0.2, -0.15) is 0 Å². The van der Waals surface area contributed by atoms with Gasteiger partial charge in [0.1, 0.15) is 17.6 Å². The lowest BCUT2D eigenvalue weighted by atomic mass is 10.0. The fourth-order valence-corrected chi connectivity index (χ4v) is 7.79. The molecule has 5 amide bonds. The van der Waals surface area contributed by atoms with Crippen molar-refractivity contribution in [1.82, 2.24) is 34.9 Å². The molecule has 3 fully saturated rings. The highest BCUT2D eigenvalue weighted by Gasteiger charge is 2.42. The molecular formula is C39H49F3N8O8. The van der Waals surface area contributed by atoms with Crippen molar-refractivity contribution in [1.29, 1.82) is 0 Å². The van der Waals surface area contributed by atoms with Crippen molar-refractivity contribution in [3.05, 3.63) is 54.5 Å². The van der Waals surface area contributed by atoms with E-state index < -0.39 is 42.4 Å². The summed E-state index contributed by atoms with van der Waals surface area (Å²) in [5.74, 6) is -0.514. The van der Waals surface area contributed by atoms with Crippen LogP contribution >= 0.6 is 0 Å². The average molecular weight is 815 g/mol. The monoisotopic (exact) mass is 814 g/mol. The van der Waals surface area contributed by atoms with Crippen LogP contribution in [-0.4, -0.2) is 143 Å². The number of alkyl halides is 3. The molecule has 0 aliphatic carbocycles. The molecule has 0 unspecified atom stereocenters. The minimum Gasteiger partial charge on any atom is -0.465 e. The second-order valence-corrected chi connectivity index (χ2v) is 14.9. The molecule has 314 valence electrons. The van der Waals surface area contributed by atoms with E-state index in [0.29, 0.717) is 68.3 Å². The van der Waals surface area contributed by atoms with Crippen LogP contribution in [0.25, 0.3) is 22.4 Å². The second kappa shape index (κ2) is 17.9. The van der Waals surface area contributed by atoms with E-state index in [-0.39, 0.29) is 41.8 Å². The molecule has 3 aliphatic heterocycles. The summed E-state index contributed by atoms with van der Waals surface area (Å²) >= 11 is 0. The molecular weight excluding hydrogens is 765 g/mol. The largest absolute Gasteiger partial charge is 0.573 e. The number of hydrogen-bond donors (Lipinski definition) is 4. The number of alkyl carbamates (subject to hydrolysis) is 1. The molecule has 1 aromatic heterocycles. The van der Waals surface area contributed by atoms with E-state index in [0.717, 1.165) is 18.9 Å². The number of aromatic amines is 1. The first-order chi connectivity index (χ1) is 27.6. The quantitative estimate of drug-likeness (QED) is 0.201. The van der Waals surface area contributed by atoms with Gasteiger partial charge in [0.2, 0.25) is 5.91 Å². The van der Waals surface area contributed by atoms with E-state index in [2.05, 4.69) is 30.2 Å². The number of urea groups is 1. The SMILES string of the molecule is COC(=O)N[C@H](C(=O)N1C[C@@H](OC)C[C@H]1c1ncc(-c2ccc(-c3ccc(NC(=O)N4CCN(C5CCN(C(=O)O)CC5)CC4)cc3OC(F)(F)F)cc2)[nH]1)C(C)C. The Kier molecular flexibility index (Phi) is 13.0. The average Bonchev–Trinajstić information content (AvgIpc) is 3.87. The van der Waals surface area contributed by atoms with Crippen LogP contribution in [0.15, 0.2) is 48.7 Å². The number of likely N-dealkylation sites (tertiary alicyclic amines) is 2. The van der Waals surface area contributed by atoms with Crippen LogP contribution in [0.1, 0.15) is 45.0 Å². The van der Waals surface area contributed by atoms with Crippen molar-refractivity contribution in [2.75, 3.05) is 65.3 Å². The van der Waals surface area contributed by atoms with E-state index in [9.17, 15) is 37.5 Å². The first-order valence-corrected chi connectivity index (χ1v) is 19.1. The number of anilines is 1. The highest BCUT2D eigenvalue weighted by Crippen LogP contribution is 2.38. The number of imidazole rings is 1. The topological polar surface area (TPSA) is 182 Å². The standard InChI is InChI=1S/C39H49F3N8O8/c1-23(2)33(46-37(53)57-4)35(51)50-22-28(56-3)20-31(50)34-43-21-30(45-34)25-7-5-24(6-8-25)29-10-9-26(19-32(29)58-39(40,41)42)44-36(52)48-17-15-47(16-18-48)27-11-13-49(14-12-27)38(54)55/h5-10,19,21,23,27-28,31,33H,11-18,20,22H2,1-4H3,(H,43,45)(H,44,52)(H,46,53)(H,54,55)/t28-,31-,33-/m0/s1.